The van der Waals surface area contributed by atoms with Crippen LogP contribution in [0.4, 0.5) is 5.69 Å². The standard InChI is InChI=1S/C12H16ClN/c1-2-3-5-10-12(13)14-11-8-6-4-7-9-11/h4,6-9H,2-3,5,10H2,1H3. The summed E-state index contributed by atoms with van der Waals surface area (Å²) in [5.41, 5.74) is 0.939. The van der Waals surface area contributed by atoms with Crippen LogP contribution < -0.4 is 0 Å². The molecule has 0 aliphatic carbocycles. The second-order valence-electron chi connectivity index (χ2n) is 3.28. The van der Waals surface area contributed by atoms with Crippen LogP contribution in [-0.2, 0) is 0 Å². The van der Waals surface area contributed by atoms with E-state index in [0.717, 1.165) is 18.5 Å². The Hall–Kier alpha value is -0.820. The molecule has 1 aromatic carbocycles. The highest BCUT2D eigenvalue weighted by atomic mass is 35.5. The molecule has 0 saturated carbocycles. The highest BCUT2D eigenvalue weighted by Crippen LogP contribution is 2.13. The third kappa shape index (κ3) is 4.43. The number of hydrogen-bond donors (Lipinski definition) is 0. The Labute approximate surface area is 90.8 Å². The van der Waals surface area contributed by atoms with Crippen LogP contribution >= 0.6 is 11.6 Å². The smallest absolute Gasteiger partial charge is 0.106 e. The molecule has 2 heteroatoms. The summed E-state index contributed by atoms with van der Waals surface area (Å²) >= 11 is 6.00. The molecule has 0 fully saturated rings. The summed E-state index contributed by atoms with van der Waals surface area (Å²) in [5, 5.41) is 0.713. The number of nitrogens with zero attached hydrogens (tertiary/aromatic N) is 1. The average molecular weight is 210 g/mol. The van der Waals surface area contributed by atoms with Gasteiger partial charge in [0.15, 0.2) is 0 Å². The first-order valence-corrected chi connectivity index (χ1v) is 5.49. The number of aliphatic imine (C=N–C) groups is 1. The molecule has 1 nitrogen and oxygen atoms in total. The predicted molar refractivity (Wildman–Crippen MR) is 63.5 cm³/mol. The minimum atomic E-state index is 0.713. The van der Waals surface area contributed by atoms with Crippen molar-refractivity contribution in [3.05, 3.63) is 30.3 Å². The molecule has 0 aromatic heterocycles. The first kappa shape index (κ1) is 11.3. The van der Waals surface area contributed by atoms with Crippen molar-refractivity contribution in [2.45, 2.75) is 32.6 Å². The van der Waals surface area contributed by atoms with Gasteiger partial charge >= 0.3 is 0 Å². The summed E-state index contributed by atoms with van der Waals surface area (Å²) in [5.74, 6) is 0. The van der Waals surface area contributed by atoms with Crippen LogP contribution in [-0.4, -0.2) is 5.17 Å². The van der Waals surface area contributed by atoms with E-state index in [1.165, 1.54) is 12.8 Å². The summed E-state index contributed by atoms with van der Waals surface area (Å²) in [6, 6.07) is 9.83. The van der Waals surface area contributed by atoms with Gasteiger partial charge in [0.25, 0.3) is 0 Å². The van der Waals surface area contributed by atoms with Crippen LogP contribution in [0.3, 0.4) is 0 Å². The summed E-state index contributed by atoms with van der Waals surface area (Å²) < 4.78 is 0. The minimum absolute atomic E-state index is 0.713. The summed E-state index contributed by atoms with van der Waals surface area (Å²) in [7, 11) is 0. The number of rotatable bonds is 5. The number of halogens is 1. The van der Waals surface area contributed by atoms with Crippen LogP contribution in [0.25, 0.3) is 0 Å². The Kier molecular flexibility index (Phi) is 5.31. The molecular weight excluding hydrogens is 194 g/mol. The maximum atomic E-state index is 6.00. The van der Waals surface area contributed by atoms with Gasteiger partial charge < -0.3 is 0 Å². The monoisotopic (exact) mass is 209 g/mol. The maximum Gasteiger partial charge on any atom is 0.106 e. The first-order valence-electron chi connectivity index (χ1n) is 5.11. The van der Waals surface area contributed by atoms with Crippen LogP contribution in [0.2, 0.25) is 0 Å². The largest absolute Gasteiger partial charge is 0.241 e. The first-order chi connectivity index (χ1) is 6.83. The quantitative estimate of drug-likeness (QED) is 0.499. The summed E-state index contributed by atoms with van der Waals surface area (Å²) in [6.45, 7) is 2.18. The fourth-order valence-corrected chi connectivity index (χ4v) is 1.45. The molecule has 0 heterocycles. The summed E-state index contributed by atoms with van der Waals surface area (Å²) in [4.78, 5) is 4.31. The van der Waals surface area contributed by atoms with E-state index in [9.17, 15) is 0 Å². The number of hydrogen-bond acceptors (Lipinski definition) is 1. The SMILES string of the molecule is CCCCCC(Cl)=Nc1ccccc1. The van der Waals surface area contributed by atoms with Crippen LogP contribution in [0.5, 0.6) is 0 Å². The lowest BCUT2D eigenvalue weighted by Crippen LogP contribution is -1.86. The Morgan fingerprint density at radius 1 is 1.21 bits per heavy atom. The Morgan fingerprint density at radius 3 is 2.57 bits per heavy atom. The third-order valence-corrected chi connectivity index (χ3v) is 2.27. The van der Waals surface area contributed by atoms with Crippen molar-refractivity contribution in [3.63, 3.8) is 0 Å². The Balaban J connectivity index is 2.43. The molecule has 0 saturated heterocycles. The van der Waals surface area contributed by atoms with Gasteiger partial charge in [0, 0.05) is 6.42 Å². The van der Waals surface area contributed by atoms with E-state index >= 15 is 0 Å². The van der Waals surface area contributed by atoms with Crippen molar-refractivity contribution < 1.29 is 0 Å². The molecule has 1 aromatic rings. The van der Waals surface area contributed by atoms with E-state index in [1.807, 2.05) is 30.3 Å². The molecule has 0 N–H and O–H groups in total. The molecule has 0 atom stereocenters. The van der Waals surface area contributed by atoms with Crippen molar-refractivity contribution in [3.8, 4) is 0 Å². The normalized spacial score (nSPS) is 11.7. The topological polar surface area (TPSA) is 12.4 Å². The number of unbranched alkanes of at least 4 members (excludes halogenated alkanes) is 2. The third-order valence-electron chi connectivity index (χ3n) is 1.99. The van der Waals surface area contributed by atoms with Crippen molar-refractivity contribution in [1.82, 2.24) is 0 Å². The van der Waals surface area contributed by atoms with Gasteiger partial charge in [-0.15, -0.1) is 0 Å². The van der Waals surface area contributed by atoms with E-state index in [0.29, 0.717) is 5.17 Å². The lowest BCUT2D eigenvalue weighted by atomic mass is 10.2. The number of para-hydroxylation sites is 1. The van der Waals surface area contributed by atoms with Crippen molar-refractivity contribution >= 4 is 22.5 Å². The molecule has 0 bridgehead atoms. The van der Waals surface area contributed by atoms with E-state index in [4.69, 9.17) is 11.6 Å². The molecule has 0 spiro atoms. The Morgan fingerprint density at radius 2 is 1.93 bits per heavy atom. The maximum absolute atomic E-state index is 6.00. The molecule has 0 aliphatic heterocycles. The molecule has 0 aliphatic rings. The van der Waals surface area contributed by atoms with Gasteiger partial charge in [0.05, 0.1) is 5.69 Å². The van der Waals surface area contributed by atoms with Crippen LogP contribution in [0, 0.1) is 0 Å². The van der Waals surface area contributed by atoms with Crippen LogP contribution in [0.15, 0.2) is 35.3 Å². The number of benzene rings is 1. The fourth-order valence-electron chi connectivity index (χ4n) is 1.22. The van der Waals surface area contributed by atoms with Gasteiger partial charge in [0.1, 0.15) is 5.17 Å². The lowest BCUT2D eigenvalue weighted by Gasteiger charge is -1.97. The van der Waals surface area contributed by atoms with Gasteiger partial charge in [0.2, 0.25) is 0 Å². The molecule has 0 radical (unpaired) electrons. The van der Waals surface area contributed by atoms with E-state index in [-0.39, 0.29) is 0 Å². The molecule has 14 heavy (non-hydrogen) atoms. The second-order valence-corrected chi connectivity index (χ2v) is 3.72. The molecule has 0 unspecified atom stereocenters. The fraction of sp³-hybridized carbons (Fsp3) is 0.417. The van der Waals surface area contributed by atoms with Crippen molar-refractivity contribution in [2.75, 3.05) is 0 Å². The van der Waals surface area contributed by atoms with E-state index < -0.39 is 0 Å². The molecule has 76 valence electrons. The van der Waals surface area contributed by atoms with Gasteiger partial charge in [-0.05, 0) is 18.6 Å². The summed E-state index contributed by atoms with van der Waals surface area (Å²) in [6.07, 6.45) is 4.46. The van der Waals surface area contributed by atoms with Crippen LogP contribution in [0.1, 0.15) is 32.6 Å². The Bertz CT molecular complexity index is 280. The predicted octanol–water partition coefficient (Wildman–Crippen LogP) is 4.54. The van der Waals surface area contributed by atoms with Gasteiger partial charge in [-0.1, -0.05) is 49.6 Å². The van der Waals surface area contributed by atoms with Gasteiger partial charge in [-0.25, -0.2) is 4.99 Å². The van der Waals surface area contributed by atoms with E-state index in [2.05, 4.69) is 11.9 Å². The van der Waals surface area contributed by atoms with E-state index in [1.54, 1.807) is 0 Å². The zero-order valence-electron chi connectivity index (χ0n) is 8.54. The second kappa shape index (κ2) is 6.61. The van der Waals surface area contributed by atoms with Gasteiger partial charge in [-0.2, -0.15) is 0 Å². The minimum Gasteiger partial charge on any atom is -0.241 e. The highest BCUT2D eigenvalue weighted by molar-refractivity contribution is 6.65. The highest BCUT2D eigenvalue weighted by Gasteiger charge is 1.94. The zero-order valence-corrected chi connectivity index (χ0v) is 9.30. The lowest BCUT2D eigenvalue weighted by molar-refractivity contribution is 0.744. The van der Waals surface area contributed by atoms with Gasteiger partial charge in [-0.3, -0.25) is 0 Å². The zero-order chi connectivity index (χ0) is 10.2. The van der Waals surface area contributed by atoms with Crippen molar-refractivity contribution in [2.24, 2.45) is 4.99 Å². The molecule has 0 amide bonds. The average Bonchev–Trinajstić information content (AvgIpc) is 2.20. The molecular formula is C12H16ClN. The van der Waals surface area contributed by atoms with Crippen molar-refractivity contribution in [1.29, 1.82) is 0 Å². The molecule has 1 rings (SSSR count).